The van der Waals surface area contributed by atoms with Gasteiger partial charge >= 0.3 is 6.09 Å². The Balaban J connectivity index is 1.40. The minimum absolute atomic E-state index is 0.123. The predicted octanol–water partition coefficient (Wildman–Crippen LogP) is -0.489. The number of cyclic esters (lactones) is 1. The van der Waals surface area contributed by atoms with Crippen LogP contribution >= 0.6 is 0 Å². The third-order valence-corrected chi connectivity index (χ3v) is 6.92. The Hall–Kier alpha value is -2.50. The van der Waals surface area contributed by atoms with Crippen molar-refractivity contribution < 1.29 is 32.3 Å². The summed E-state index contributed by atoms with van der Waals surface area (Å²) >= 11 is 0. The second-order valence-electron chi connectivity index (χ2n) is 6.72. The average Bonchev–Trinajstić information content (AvgIpc) is 3.00. The van der Waals surface area contributed by atoms with Crippen molar-refractivity contribution in [1.29, 1.82) is 0 Å². The Labute approximate surface area is 161 Å². The van der Waals surface area contributed by atoms with Crippen LogP contribution in [0.5, 0.6) is 0 Å². The van der Waals surface area contributed by atoms with E-state index in [9.17, 15) is 22.8 Å². The van der Waals surface area contributed by atoms with E-state index in [-0.39, 0.29) is 36.5 Å². The van der Waals surface area contributed by atoms with Crippen LogP contribution in [0.1, 0.15) is 10.4 Å². The summed E-state index contributed by atoms with van der Waals surface area (Å²) in [4.78, 5) is 38.4. The van der Waals surface area contributed by atoms with Gasteiger partial charge in [-0.3, -0.25) is 9.59 Å². The molecule has 0 unspecified atom stereocenters. The van der Waals surface area contributed by atoms with Crippen LogP contribution < -0.4 is 0 Å². The lowest BCUT2D eigenvalue weighted by Crippen LogP contribution is -2.62. The molecule has 0 aromatic heterocycles. The minimum Gasteiger partial charge on any atom is -0.439 e. The summed E-state index contributed by atoms with van der Waals surface area (Å²) in [7, 11) is -3.62. The first-order valence-corrected chi connectivity index (χ1v) is 10.3. The molecule has 3 aliphatic heterocycles. The van der Waals surface area contributed by atoms with Crippen LogP contribution in [0.3, 0.4) is 0 Å². The van der Waals surface area contributed by atoms with Crippen molar-refractivity contribution in [1.82, 2.24) is 14.1 Å². The van der Waals surface area contributed by atoms with Crippen LogP contribution in [0.15, 0.2) is 29.2 Å². The van der Waals surface area contributed by atoms with E-state index in [2.05, 4.69) is 4.74 Å². The molecule has 0 N–H and O–H groups in total. The molecule has 0 bridgehead atoms. The SMILES string of the molecule is O=C(c1ccc(S(=O)(=O)N2CCOCC2)cc1)N1CC(N2C(=O)COC2=O)C1. The lowest BCUT2D eigenvalue weighted by atomic mass is 10.1. The van der Waals surface area contributed by atoms with Gasteiger partial charge in [-0.2, -0.15) is 4.31 Å². The first-order chi connectivity index (χ1) is 13.4. The number of sulfonamides is 1. The highest BCUT2D eigenvalue weighted by atomic mass is 32.2. The topological polar surface area (TPSA) is 114 Å². The van der Waals surface area contributed by atoms with E-state index in [1.807, 2.05) is 0 Å². The molecule has 3 fully saturated rings. The molecular formula is C17H19N3O7S. The summed E-state index contributed by atoms with van der Waals surface area (Å²) < 4.78 is 36.4. The molecule has 4 rings (SSSR count). The molecule has 3 aliphatic rings. The Bertz CT molecular complexity index is 887. The number of amides is 3. The van der Waals surface area contributed by atoms with Gasteiger partial charge in [-0.05, 0) is 24.3 Å². The molecular weight excluding hydrogens is 390 g/mol. The van der Waals surface area contributed by atoms with Crippen molar-refractivity contribution >= 4 is 27.9 Å². The highest BCUT2D eigenvalue weighted by Gasteiger charge is 2.44. The van der Waals surface area contributed by atoms with Gasteiger partial charge in [-0.15, -0.1) is 0 Å². The lowest BCUT2D eigenvalue weighted by Gasteiger charge is -2.41. The zero-order valence-corrected chi connectivity index (χ0v) is 15.8. The van der Waals surface area contributed by atoms with Gasteiger partial charge < -0.3 is 14.4 Å². The van der Waals surface area contributed by atoms with Crippen LogP contribution in [-0.2, 0) is 24.3 Å². The highest BCUT2D eigenvalue weighted by molar-refractivity contribution is 7.89. The van der Waals surface area contributed by atoms with E-state index in [1.54, 1.807) is 0 Å². The van der Waals surface area contributed by atoms with Crippen molar-refractivity contribution in [2.24, 2.45) is 0 Å². The summed E-state index contributed by atoms with van der Waals surface area (Å²) in [5.74, 6) is -0.689. The summed E-state index contributed by atoms with van der Waals surface area (Å²) in [6.45, 7) is 1.52. The maximum Gasteiger partial charge on any atom is 0.417 e. The maximum absolute atomic E-state index is 12.6. The number of carbonyl (C=O) groups is 3. The molecule has 3 amide bonds. The van der Waals surface area contributed by atoms with Crippen LogP contribution in [0.2, 0.25) is 0 Å². The molecule has 3 saturated heterocycles. The standard InChI is InChI=1S/C17H19N3O7S/c21-15-11-27-17(23)20(15)13-9-18(10-13)16(22)12-1-3-14(4-2-12)28(24,25)19-5-7-26-8-6-19/h1-4,13H,5-11H2. The van der Waals surface area contributed by atoms with Crippen molar-refractivity contribution in [2.75, 3.05) is 46.0 Å². The molecule has 0 atom stereocenters. The summed E-state index contributed by atoms with van der Waals surface area (Å²) in [6, 6.07) is 5.39. The van der Waals surface area contributed by atoms with Gasteiger partial charge in [0.2, 0.25) is 10.0 Å². The Morgan fingerprint density at radius 1 is 1.04 bits per heavy atom. The normalized spacial score (nSPS) is 21.6. The van der Waals surface area contributed by atoms with E-state index in [0.29, 0.717) is 31.9 Å². The second kappa shape index (κ2) is 7.15. The number of benzene rings is 1. The average molecular weight is 409 g/mol. The molecule has 1 aromatic rings. The Morgan fingerprint density at radius 2 is 1.68 bits per heavy atom. The summed E-state index contributed by atoms with van der Waals surface area (Å²) in [6.07, 6.45) is -0.681. The second-order valence-corrected chi connectivity index (χ2v) is 8.66. The zero-order chi connectivity index (χ0) is 19.9. The number of rotatable bonds is 4. The summed E-state index contributed by atoms with van der Waals surface area (Å²) in [5.41, 5.74) is 0.342. The third kappa shape index (κ3) is 3.25. The van der Waals surface area contributed by atoms with Crippen LogP contribution in [-0.4, -0.2) is 92.5 Å². The van der Waals surface area contributed by atoms with Gasteiger partial charge in [0.25, 0.3) is 11.8 Å². The molecule has 0 aliphatic carbocycles. The maximum atomic E-state index is 12.6. The van der Waals surface area contributed by atoms with Gasteiger partial charge in [-0.25, -0.2) is 18.1 Å². The molecule has 28 heavy (non-hydrogen) atoms. The fourth-order valence-electron chi connectivity index (χ4n) is 3.39. The van der Waals surface area contributed by atoms with Crippen molar-refractivity contribution in [3.8, 4) is 0 Å². The summed E-state index contributed by atoms with van der Waals surface area (Å²) in [5, 5.41) is 0. The number of likely N-dealkylation sites (tertiary alicyclic amines) is 1. The number of carbonyl (C=O) groups excluding carboxylic acids is 3. The van der Waals surface area contributed by atoms with Gasteiger partial charge in [0, 0.05) is 31.7 Å². The number of imide groups is 1. The van der Waals surface area contributed by atoms with Crippen molar-refractivity contribution in [2.45, 2.75) is 10.9 Å². The lowest BCUT2D eigenvalue weighted by molar-refractivity contribution is -0.129. The van der Waals surface area contributed by atoms with Crippen molar-refractivity contribution in [3.63, 3.8) is 0 Å². The Kier molecular flexibility index (Phi) is 4.81. The molecule has 11 heteroatoms. The number of ether oxygens (including phenoxy) is 2. The molecule has 1 aromatic carbocycles. The van der Waals surface area contributed by atoms with Gasteiger partial charge in [0.15, 0.2) is 6.61 Å². The van der Waals surface area contributed by atoms with Crippen molar-refractivity contribution in [3.05, 3.63) is 29.8 Å². The van der Waals surface area contributed by atoms with E-state index < -0.39 is 22.0 Å². The van der Waals surface area contributed by atoms with Gasteiger partial charge in [0.05, 0.1) is 24.2 Å². The number of nitrogens with zero attached hydrogens (tertiary/aromatic N) is 3. The number of morpholine rings is 1. The van der Waals surface area contributed by atoms with E-state index in [4.69, 9.17) is 4.74 Å². The number of hydrogen-bond acceptors (Lipinski definition) is 7. The molecule has 3 heterocycles. The van der Waals surface area contributed by atoms with E-state index in [0.717, 1.165) is 4.90 Å². The van der Waals surface area contributed by atoms with Crippen LogP contribution in [0.4, 0.5) is 4.79 Å². The largest absolute Gasteiger partial charge is 0.439 e. The third-order valence-electron chi connectivity index (χ3n) is 5.01. The smallest absolute Gasteiger partial charge is 0.417 e. The zero-order valence-electron chi connectivity index (χ0n) is 14.9. The number of hydrogen-bond donors (Lipinski definition) is 0. The monoisotopic (exact) mass is 409 g/mol. The molecule has 150 valence electrons. The molecule has 10 nitrogen and oxygen atoms in total. The minimum atomic E-state index is -3.62. The fraction of sp³-hybridized carbons (Fsp3) is 0.471. The Morgan fingerprint density at radius 3 is 2.25 bits per heavy atom. The fourth-order valence-corrected chi connectivity index (χ4v) is 4.80. The predicted molar refractivity (Wildman–Crippen MR) is 93.9 cm³/mol. The van der Waals surface area contributed by atoms with E-state index >= 15 is 0 Å². The molecule has 0 radical (unpaired) electrons. The first-order valence-electron chi connectivity index (χ1n) is 8.84. The van der Waals surface area contributed by atoms with Gasteiger partial charge in [0.1, 0.15) is 0 Å². The van der Waals surface area contributed by atoms with Crippen LogP contribution in [0, 0.1) is 0 Å². The first kappa shape index (κ1) is 18.8. The van der Waals surface area contributed by atoms with E-state index in [1.165, 1.54) is 33.5 Å². The van der Waals surface area contributed by atoms with Crippen LogP contribution in [0.25, 0.3) is 0 Å². The molecule has 0 saturated carbocycles. The quantitative estimate of drug-likeness (QED) is 0.659. The molecule has 0 spiro atoms. The highest BCUT2D eigenvalue weighted by Crippen LogP contribution is 2.23. The van der Waals surface area contributed by atoms with Gasteiger partial charge in [-0.1, -0.05) is 0 Å².